The average Bonchev–Trinajstić information content (AvgIpc) is 3.43. The van der Waals surface area contributed by atoms with Crippen LogP contribution in [-0.4, -0.2) is 44.0 Å². The molecule has 6 heteroatoms. The molecule has 1 aliphatic carbocycles. The van der Waals surface area contributed by atoms with Crippen LogP contribution in [0.25, 0.3) is 0 Å². The minimum absolute atomic E-state index is 0.184. The number of nitrogens with zero attached hydrogens (tertiary/aromatic N) is 2. The van der Waals surface area contributed by atoms with E-state index in [1.54, 1.807) is 4.31 Å². The third-order valence-electron chi connectivity index (χ3n) is 6.30. The topological polar surface area (TPSA) is 57.7 Å². The highest BCUT2D eigenvalue weighted by Gasteiger charge is 2.49. The Balaban J connectivity index is 1.44. The van der Waals surface area contributed by atoms with E-state index in [1.807, 2.05) is 11.8 Å². The molecule has 3 aliphatic rings. The Kier molecular flexibility index (Phi) is 4.59. The van der Waals surface area contributed by atoms with Crippen molar-refractivity contribution in [2.24, 2.45) is 5.41 Å². The highest BCUT2D eigenvalue weighted by molar-refractivity contribution is 7.89. The summed E-state index contributed by atoms with van der Waals surface area (Å²) in [5.41, 5.74) is 2.00. The summed E-state index contributed by atoms with van der Waals surface area (Å²) in [5, 5.41) is 0. The molecule has 0 atom stereocenters. The average molecular weight is 377 g/mol. The van der Waals surface area contributed by atoms with Gasteiger partial charge in [0.25, 0.3) is 0 Å². The highest BCUT2D eigenvalue weighted by Crippen LogP contribution is 2.44. The van der Waals surface area contributed by atoms with Crippen LogP contribution in [0.5, 0.6) is 0 Å². The Morgan fingerprint density at radius 1 is 1.04 bits per heavy atom. The molecule has 0 N–H and O–H groups in total. The predicted molar refractivity (Wildman–Crippen MR) is 103 cm³/mol. The van der Waals surface area contributed by atoms with Crippen molar-refractivity contribution in [3.05, 3.63) is 29.8 Å². The number of piperidine rings is 1. The van der Waals surface area contributed by atoms with Crippen molar-refractivity contribution >= 4 is 21.6 Å². The zero-order chi connectivity index (χ0) is 18.4. The van der Waals surface area contributed by atoms with Crippen LogP contribution in [0.3, 0.4) is 0 Å². The molecule has 2 aliphatic heterocycles. The lowest BCUT2D eigenvalue weighted by atomic mass is 9.77. The number of benzene rings is 1. The van der Waals surface area contributed by atoms with Crippen molar-refractivity contribution < 1.29 is 13.2 Å². The van der Waals surface area contributed by atoms with Crippen molar-refractivity contribution in [2.75, 3.05) is 30.3 Å². The maximum absolute atomic E-state index is 13.2. The largest absolute Gasteiger partial charge is 0.312 e. The first-order valence-electron chi connectivity index (χ1n) is 9.85. The number of sulfonamides is 1. The molecule has 26 heavy (non-hydrogen) atoms. The maximum atomic E-state index is 13.2. The molecule has 4 rings (SSSR count). The second-order valence-corrected chi connectivity index (χ2v) is 10.2. The first-order valence-corrected chi connectivity index (χ1v) is 11.5. The Labute approximate surface area is 156 Å². The van der Waals surface area contributed by atoms with Gasteiger partial charge in [0.1, 0.15) is 0 Å². The monoisotopic (exact) mass is 376 g/mol. The van der Waals surface area contributed by atoms with Gasteiger partial charge in [-0.1, -0.05) is 19.1 Å². The Bertz CT molecular complexity index is 776. The van der Waals surface area contributed by atoms with Gasteiger partial charge in [-0.25, -0.2) is 12.7 Å². The molecule has 3 fully saturated rings. The van der Waals surface area contributed by atoms with Crippen LogP contribution in [0, 0.1) is 5.41 Å². The van der Waals surface area contributed by atoms with Gasteiger partial charge in [0, 0.05) is 25.3 Å². The van der Waals surface area contributed by atoms with E-state index in [0.29, 0.717) is 32.4 Å². The molecule has 1 amide bonds. The second kappa shape index (κ2) is 6.64. The standard InChI is InChI=1S/C20H28N2O3S/c1-2-15-26(24,25)21-12-9-20(10-13-21)11-14-22(19(20)23)18-7-5-17(6-8-18)16-3-4-16/h5-8,16H,2-4,9-15H2,1H3. The number of hydrogen-bond donors (Lipinski definition) is 0. The molecule has 2 heterocycles. The van der Waals surface area contributed by atoms with Gasteiger partial charge < -0.3 is 4.90 Å². The number of carbonyl (C=O) groups excluding carboxylic acids is 1. The van der Waals surface area contributed by atoms with Crippen LogP contribution in [0.1, 0.15) is 56.9 Å². The molecule has 2 saturated heterocycles. The summed E-state index contributed by atoms with van der Waals surface area (Å²) in [4.78, 5) is 15.1. The Morgan fingerprint density at radius 2 is 1.65 bits per heavy atom. The summed E-state index contributed by atoms with van der Waals surface area (Å²) in [6.07, 6.45) is 5.31. The van der Waals surface area contributed by atoms with Gasteiger partial charge in [0.15, 0.2) is 0 Å². The van der Waals surface area contributed by atoms with Crippen LogP contribution in [-0.2, 0) is 14.8 Å². The van der Waals surface area contributed by atoms with Crippen molar-refractivity contribution in [3.63, 3.8) is 0 Å². The molecular weight excluding hydrogens is 348 g/mol. The van der Waals surface area contributed by atoms with E-state index in [-0.39, 0.29) is 17.1 Å². The lowest BCUT2D eigenvalue weighted by molar-refractivity contribution is -0.127. The Hall–Kier alpha value is -1.40. The molecule has 1 saturated carbocycles. The van der Waals surface area contributed by atoms with Gasteiger partial charge in [0.05, 0.1) is 11.2 Å². The Morgan fingerprint density at radius 3 is 2.23 bits per heavy atom. The van der Waals surface area contributed by atoms with E-state index in [0.717, 1.165) is 24.6 Å². The van der Waals surface area contributed by atoms with Crippen LogP contribution in [0.4, 0.5) is 5.69 Å². The summed E-state index contributed by atoms with van der Waals surface area (Å²) in [6.45, 7) is 3.57. The number of hydrogen-bond acceptors (Lipinski definition) is 3. The predicted octanol–water partition coefficient (Wildman–Crippen LogP) is 3.12. The van der Waals surface area contributed by atoms with Crippen molar-refractivity contribution in [1.29, 1.82) is 0 Å². The third kappa shape index (κ3) is 3.18. The van der Waals surface area contributed by atoms with E-state index in [1.165, 1.54) is 18.4 Å². The van der Waals surface area contributed by atoms with E-state index >= 15 is 0 Å². The molecule has 1 aromatic carbocycles. The molecule has 5 nitrogen and oxygen atoms in total. The fraction of sp³-hybridized carbons (Fsp3) is 0.650. The summed E-state index contributed by atoms with van der Waals surface area (Å²) in [5.74, 6) is 1.11. The van der Waals surface area contributed by atoms with Gasteiger partial charge >= 0.3 is 0 Å². The summed E-state index contributed by atoms with van der Waals surface area (Å²) >= 11 is 0. The minimum atomic E-state index is -3.16. The SMILES string of the molecule is CCCS(=O)(=O)N1CCC2(CCN(c3ccc(C4CC4)cc3)C2=O)CC1. The van der Waals surface area contributed by atoms with Crippen LogP contribution in [0.2, 0.25) is 0 Å². The van der Waals surface area contributed by atoms with Crippen molar-refractivity contribution in [2.45, 2.75) is 51.4 Å². The smallest absolute Gasteiger partial charge is 0.233 e. The van der Waals surface area contributed by atoms with Crippen LogP contribution in [0.15, 0.2) is 24.3 Å². The number of rotatable bonds is 5. The lowest BCUT2D eigenvalue weighted by Gasteiger charge is -2.37. The second-order valence-electron chi connectivity index (χ2n) is 8.07. The molecular formula is C20H28N2O3S. The molecule has 1 aromatic rings. The minimum Gasteiger partial charge on any atom is -0.312 e. The molecule has 0 radical (unpaired) electrons. The zero-order valence-electron chi connectivity index (χ0n) is 15.5. The van der Waals surface area contributed by atoms with E-state index in [2.05, 4.69) is 24.3 Å². The normalized spacial score (nSPS) is 23.7. The maximum Gasteiger partial charge on any atom is 0.233 e. The lowest BCUT2D eigenvalue weighted by Crippen LogP contribution is -2.47. The first-order chi connectivity index (χ1) is 12.5. The molecule has 1 spiro atoms. The molecule has 0 bridgehead atoms. The fourth-order valence-electron chi connectivity index (χ4n) is 4.45. The molecule has 0 unspecified atom stereocenters. The highest BCUT2D eigenvalue weighted by atomic mass is 32.2. The van der Waals surface area contributed by atoms with Gasteiger partial charge in [0.2, 0.25) is 15.9 Å². The quantitative estimate of drug-likeness (QED) is 0.793. The fourth-order valence-corrected chi connectivity index (χ4v) is 5.97. The summed E-state index contributed by atoms with van der Waals surface area (Å²) in [6, 6.07) is 8.47. The number of anilines is 1. The molecule has 0 aromatic heterocycles. The zero-order valence-corrected chi connectivity index (χ0v) is 16.3. The van der Waals surface area contributed by atoms with E-state index in [9.17, 15) is 13.2 Å². The van der Waals surface area contributed by atoms with Gasteiger partial charge in [-0.2, -0.15) is 0 Å². The van der Waals surface area contributed by atoms with Crippen molar-refractivity contribution in [3.8, 4) is 0 Å². The molecule has 142 valence electrons. The number of carbonyl (C=O) groups is 1. The summed E-state index contributed by atoms with van der Waals surface area (Å²) < 4.78 is 26.1. The van der Waals surface area contributed by atoms with Gasteiger partial charge in [-0.15, -0.1) is 0 Å². The van der Waals surface area contributed by atoms with Crippen LogP contribution >= 0.6 is 0 Å². The van der Waals surface area contributed by atoms with Gasteiger partial charge in [-0.3, -0.25) is 4.79 Å². The van der Waals surface area contributed by atoms with E-state index in [4.69, 9.17) is 0 Å². The number of amides is 1. The van der Waals surface area contributed by atoms with Crippen molar-refractivity contribution in [1.82, 2.24) is 4.31 Å². The first kappa shape index (κ1) is 18.0. The van der Waals surface area contributed by atoms with Gasteiger partial charge in [-0.05, 0) is 62.1 Å². The summed E-state index contributed by atoms with van der Waals surface area (Å²) in [7, 11) is -3.16. The third-order valence-corrected chi connectivity index (χ3v) is 8.38. The van der Waals surface area contributed by atoms with E-state index < -0.39 is 10.0 Å². The van der Waals surface area contributed by atoms with Crippen LogP contribution < -0.4 is 4.90 Å².